The monoisotopic (exact) mass is 388 g/mol. The van der Waals surface area contributed by atoms with Crippen LogP contribution < -0.4 is 0 Å². The molecule has 3 heterocycles. The van der Waals surface area contributed by atoms with Crippen LogP contribution in [-0.2, 0) is 17.7 Å². The van der Waals surface area contributed by atoms with Crippen molar-refractivity contribution in [3.05, 3.63) is 71.9 Å². The van der Waals surface area contributed by atoms with Gasteiger partial charge in [0.05, 0.1) is 17.8 Å². The van der Waals surface area contributed by atoms with Gasteiger partial charge in [0.15, 0.2) is 0 Å². The fraction of sp³-hybridized carbons (Fsp3) is 0.400. The molecule has 1 amide bonds. The summed E-state index contributed by atoms with van der Waals surface area (Å²) in [6.07, 6.45) is 8.04. The molecule has 2 unspecified atom stereocenters. The maximum atomic E-state index is 13.3. The van der Waals surface area contributed by atoms with Crippen molar-refractivity contribution in [3.63, 3.8) is 0 Å². The number of para-hydroxylation sites is 1. The van der Waals surface area contributed by atoms with Gasteiger partial charge in [-0.3, -0.25) is 4.79 Å². The molecule has 0 N–H and O–H groups in total. The summed E-state index contributed by atoms with van der Waals surface area (Å²) in [5.74, 6) is 0.157. The molecule has 2 aliphatic rings. The van der Waals surface area contributed by atoms with Crippen molar-refractivity contribution in [2.75, 3.05) is 13.1 Å². The lowest BCUT2D eigenvalue weighted by molar-refractivity contribution is -0.0303. The number of nitrogens with zero attached hydrogens (tertiary/aromatic N) is 2. The largest absolute Gasteiger partial charge is 0.371 e. The van der Waals surface area contributed by atoms with Gasteiger partial charge in [-0.1, -0.05) is 48.5 Å². The normalized spacial score (nSPS) is 21.0. The maximum Gasteiger partial charge on any atom is 0.256 e. The first-order valence-electron chi connectivity index (χ1n) is 10.8. The second-order valence-corrected chi connectivity index (χ2v) is 8.36. The molecule has 0 saturated carbocycles. The minimum absolute atomic E-state index is 0.157. The molecule has 0 radical (unpaired) electrons. The van der Waals surface area contributed by atoms with Gasteiger partial charge in [-0.25, -0.2) is 0 Å². The van der Waals surface area contributed by atoms with Crippen LogP contribution in [0.5, 0.6) is 0 Å². The zero-order chi connectivity index (χ0) is 19.6. The number of rotatable bonds is 6. The molecule has 2 saturated heterocycles. The molecule has 4 nitrogen and oxygen atoms in total. The number of carbonyl (C=O) groups excluding carboxylic acids is 1. The van der Waals surface area contributed by atoms with E-state index in [0.717, 1.165) is 68.2 Å². The smallest absolute Gasteiger partial charge is 0.256 e. The predicted molar refractivity (Wildman–Crippen MR) is 115 cm³/mol. The highest BCUT2D eigenvalue weighted by Crippen LogP contribution is 2.29. The minimum atomic E-state index is 0.157. The van der Waals surface area contributed by atoms with Gasteiger partial charge >= 0.3 is 0 Å². The summed E-state index contributed by atoms with van der Waals surface area (Å²) in [5.41, 5.74) is 3.39. The molecule has 150 valence electrons. The van der Waals surface area contributed by atoms with Crippen LogP contribution in [0.25, 0.3) is 10.9 Å². The molecule has 2 aliphatic heterocycles. The topological polar surface area (TPSA) is 34.5 Å². The zero-order valence-corrected chi connectivity index (χ0v) is 16.8. The van der Waals surface area contributed by atoms with E-state index in [1.165, 1.54) is 5.56 Å². The van der Waals surface area contributed by atoms with Crippen LogP contribution in [0.2, 0.25) is 0 Å². The van der Waals surface area contributed by atoms with E-state index in [0.29, 0.717) is 0 Å². The number of amides is 1. The molecule has 4 heteroatoms. The number of fused-ring (bicyclic) bond motifs is 3. The van der Waals surface area contributed by atoms with E-state index >= 15 is 0 Å². The first kappa shape index (κ1) is 18.4. The number of benzene rings is 2. The van der Waals surface area contributed by atoms with Gasteiger partial charge in [0, 0.05) is 36.7 Å². The Bertz CT molecular complexity index is 982. The number of hydrogen-bond donors (Lipinski definition) is 0. The Morgan fingerprint density at radius 1 is 0.931 bits per heavy atom. The Morgan fingerprint density at radius 2 is 1.66 bits per heavy atom. The van der Waals surface area contributed by atoms with Crippen molar-refractivity contribution in [3.8, 4) is 0 Å². The molecule has 5 rings (SSSR count). The highest BCUT2D eigenvalue weighted by molar-refractivity contribution is 6.07. The molecule has 1 aromatic heterocycles. The number of ether oxygens (including phenoxy) is 1. The summed E-state index contributed by atoms with van der Waals surface area (Å²) >= 11 is 0. The number of morpholine rings is 1. The third-order valence-electron chi connectivity index (χ3n) is 6.31. The summed E-state index contributed by atoms with van der Waals surface area (Å²) < 4.78 is 8.18. The Labute approximate surface area is 172 Å². The highest BCUT2D eigenvalue weighted by Gasteiger charge is 2.36. The van der Waals surface area contributed by atoms with Gasteiger partial charge < -0.3 is 14.2 Å². The second-order valence-electron chi connectivity index (χ2n) is 8.36. The standard InChI is InChI=1S/C25H28N2O2/c28-25(27-16-20-13-14-21(17-27)29-20)23-18-26(24-12-5-4-11-22(23)24)15-7-6-10-19-8-2-1-3-9-19/h1-5,8-9,11-12,18,20-21H,6-7,10,13-17H2. The molecule has 0 aliphatic carbocycles. The maximum absolute atomic E-state index is 13.3. The number of aryl methyl sites for hydroxylation is 2. The first-order chi connectivity index (χ1) is 14.3. The van der Waals surface area contributed by atoms with Gasteiger partial charge in [0.2, 0.25) is 0 Å². The Morgan fingerprint density at radius 3 is 2.45 bits per heavy atom. The third-order valence-corrected chi connectivity index (χ3v) is 6.31. The number of likely N-dealkylation sites (tertiary alicyclic amines) is 1. The van der Waals surface area contributed by atoms with Gasteiger partial charge in [-0.15, -0.1) is 0 Å². The van der Waals surface area contributed by atoms with Gasteiger partial charge in [0.1, 0.15) is 0 Å². The first-order valence-corrected chi connectivity index (χ1v) is 10.8. The lowest BCUT2D eigenvalue weighted by Crippen LogP contribution is -2.45. The molecular formula is C25H28N2O2. The molecule has 2 fully saturated rings. The average Bonchev–Trinajstić information content (AvgIpc) is 3.30. The van der Waals surface area contributed by atoms with Crippen molar-refractivity contribution in [1.82, 2.24) is 9.47 Å². The summed E-state index contributed by atoms with van der Waals surface area (Å²) in [6, 6.07) is 19.0. The van der Waals surface area contributed by atoms with Crippen LogP contribution in [0, 0.1) is 0 Å². The molecule has 2 aromatic carbocycles. The Hall–Kier alpha value is -2.59. The van der Waals surface area contributed by atoms with E-state index in [9.17, 15) is 4.79 Å². The minimum Gasteiger partial charge on any atom is -0.371 e. The zero-order valence-electron chi connectivity index (χ0n) is 16.8. The summed E-state index contributed by atoms with van der Waals surface area (Å²) in [4.78, 5) is 15.3. The summed E-state index contributed by atoms with van der Waals surface area (Å²) in [7, 11) is 0. The van der Waals surface area contributed by atoms with Crippen LogP contribution >= 0.6 is 0 Å². The van der Waals surface area contributed by atoms with Crippen LogP contribution in [-0.4, -0.2) is 40.7 Å². The van der Waals surface area contributed by atoms with E-state index in [-0.39, 0.29) is 18.1 Å². The molecule has 29 heavy (non-hydrogen) atoms. The second kappa shape index (κ2) is 8.03. The van der Waals surface area contributed by atoms with Crippen LogP contribution in [0.15, 0.2) is 60.8 Å². The van der Waals surface area contributed by atoms with Crippen LogP contribution in [0.1, 0.15) is 41.6 Å². The Balaban J connectivity index is 1.30. The van der Waals surface area contributed by atoms with E-state index in [1.807, 2.05) is 11.0 Å². The lowest BCUT2D eigenvalue weighted by Gasteiger charge is -2.32. The molecule has 2 atom stereocenters. The highest BCUT2D eigenvalue weighted by atomic mass is 16.5. The van der Waals surface area contributed by atoms with Crippen molar-refractivity contribution in [1.29, 1.82) is 0 Å². The number of hydrogen-bond acceptors (Lipinski definition) is 2. The average molecular weight is 389 g/mol. The van der Waals surface area contributed by atoms with Crippen molar-refractivity contribution < 1.29 is 9.53 Å². The van der Waals surface area contributed by atoms with Crippen molar-refractivity contribution in [2.45, 2.75) is 50.9 Å². The van der Waals surface area contributed by atoms with Crippen LogP contribution in [0.4, 0.5) is 0 Å². The number of unbranched alkanes of at least 4 members (excludes halogenated alkanes) is 1. The lowest BCUT2D eigenvalue weighted by atomic mass is 10.1. The summed E-state index contributed by atoms with van der Waals surface area (Å²) in [6.45, 7) is 2.40. The number of carbonyl (C=O) groups is 1. The molecular weight excluding hydrogens is 360 g/mol. The van der Waals surface area contributed by atoms with Gasteiger partial charge in [0.25, 0.3) is 5.91 Å². The molecule has 2 bridgehead atoms. The fourth-order valence-corrected chi connectivity index (χ4v) is 4.81. The third kappa shape index (κ3) is 3.82. The quantitative estimate of drug-likeness (QED) is 0.575. The van der Waals surface area contributed by atoms with E-state index in [1.54, 1.807) is 0 Å². The number of aromatic nitrogens is 1. The van der Waals surface area contributed by atoms with Crippen LogP contribution in [0.3, 0.4) is 0 Å². The van der Waals surface area contributed by atoms with Crippen molar-refractivity contribution >= 4 is 16.8 Å². The SMILES string of the molecule is O=C(c1cn(CCCCc2ccccc2)c2ccccc12)N1CC2CCC(C1)O2. The van der Waals surface area contributed by atoms with Gasteiger partial charge in [-0.05, 0) is 43.7 Å². The predicted octanol–water partition coefficient (Wildman–Crippen LogP) is 4.67. The summed E-state index contributed by atoms with van der Waals surface area (Å²) in [5, 5.41) is 1.07. The van der Waals surface area contributed by atoms with Crippen molar-refractivity contribution in [2.24, 2.45) is 0 Å². The van der Waals surface area contributed by atoms with Gasteiger partial charge in [-0.2, -0.15) is 0 Å². The van der Waals surface area contributed by atoms with E-state index < -0.39 is 0 Å². The Kier molecular flexibility index (Phi) is 5.11. The molecule has 0 spiro atoms. The molecule has 3 aromatic rings. The fourth-order valence-electron chi connectivity index (χ4n) is 4.81. The van der Waals surface area contributed by atoms with E-state index in [2.05, 4.69) is 59.3 Å². The van der Waals surface area contributed by atoms with E-state index in [4.69, 9.17) is 4.74 Å².